The van der Waals surface area contributed by atoms with Crippen LogP contribution in [0.4, 0.5) is 0 Å². The number of carbonyl (C=O) groups is 2. The molecule has 2 unspecified atom stereocenters. The van der Waals surface area contributed by atoms with Crippen LogP contribution in [0.3, 0.4) is 0 Å². The Morgan fingerprint density at radius 2 is 0.966 bits per heavy atom. The number of rotatable bonds is 43. The van der Waals surface area contributed by atoms with Gasteiger partial charge in [0.15, 0.2) is 6.10 Å². The van der Waals surface area contributed by atoms with Crippen molar-refractivity contribution in [2.45, 2.75) is 206 Å². The number of likely N-dealkylation sites (N-methyl/N-ethyl adjacent to an activating group) is 1. The monoisotopic (exact) mass is 852 g/mol. The zero-order valence-corrected chi connectivity index (χ0v) is 39.6. The van der Waals surface area contributed by atoms with Crippen LogP contribution in [-0.2, 0) is 32.7 Å². The summed E-state index contributed by atoms with van der Waals surface area (Å²) in [6.07, 6.45) is 48.6. The molecule has 9 nitrogen and oxygen atoms in total. The van der Waals surface area contributed by atoms with Gasteiger partial charge in [-0.25, -0.2) is 0 Å². The highest BCUT2D eigenvalue weighted by Gasteiger charge is 2.21. The molecule has 2 atom stereocenters. The minimum atomic E-state index is -4.62. The van der Waals surface area contributed by atoms with Crippen LogP contribution >= 0.6 is 7.82 Å². The quantitative estimate of drug-likeness (QED) is 0.0196. The first-order valence-electron chi connectivity index (χ1n) is 23.8. The maximum atomic E-state index is 12.7. The lowest BCUT2D eigenvalue weighted by atomic mass is 10.0. The van der Waals surface area contributed by atoms with Crippen molar-refractivity contribution in [3.63, 3.8) is 0 Å². The summed E-state index contributed by atoms with van der Waals surface area (Å²) in [5, 5.41) is 0. The van der Waals surface area contributed by atoms with E-state index in [1.807, 2.05) is 21.1 Å². The average molecular weight is 852 g/mol. The Hall–Kier alpha value is -2.03. The number of unbranched alkanes of at least 4 members (excludes halogenated alkanes) is 21. The third-order valence-electron chi connectivity index (χ3n) is 10.1. The van der Waals surface area contributed by atoms with Gasteiger partial charge in [0.25, 0.3) is 7.82 Å². The van der Waals surface area contributed by atoms with Gasteiger partial charge in [0.05, 0.1) is 27.7 Å². The summed E-state index contributed by atoms with van der Waals surface area (Å²) in [6.45, 7) is 4.11. The number of quaternary nitrogens is 1. The van der Waals surface area contributed by atoms with Gasteiger partial charge in [0, 0.05) is 12.8 Å². The van der Waals surface area contributed by atoms with E-state index in [1.54, 1.807) is 0 Å². The first-order chi connectivity index (χ1) is 28.5. The molecule has 0 radical (unpaired) electrons. The zero-order chi connectivity index (χ0) is 43.6. The molecule has 10 heteroatoms. The Labute approximate surface area is 363 Å². The van der Waals surface area contributed by atoms with Gasteiger partial charge in [0.2, 0.25) is 0 Å². The van der Waals surface area contributed by atoms with Gasteiger partial charge < -0.3 is 27.9 Å². The minimum Gasteiger partial charge on any atom is -0.756 e. The fourth-order valence-electron chi connectivity index (χ4n) is 6.41. The zero-order valence-electron chi connectivity index (χ0n) is 38.7. The van der Waals surface area contributed by atoms with Crippen LogP contribution in [0.2, 0.25) is 0 Å². The molecule has 0 aliphatic carbocycles. The summed E-state index contributed by atoms with van der Waals surface area (Å²) < 4.78 is 33.9. The summed E-state index contributed by atoms with van der Waals surface area (Å²) in [4.78, 5) is 37.5. The van der Waals surface area contributed by atoms with E-state index >= 15 is 0 Å². The van der Waals surface area contributed by atoms with E-state index in [-0.39, 0.29) is 32.0 Å². The molecule has 0 N–H and O–H groups in total. The average Bonchev–Trinajstić information content (AvgIpc) is 3.19. The van der Waals surface area contributed by atoms with Gasteiger partial charge in [-0.15, -0.1) is 0 Å². The van der Waals surface area contributed by atoms with Gasteiger partial charge in [-0.3, -0.25) is 14.2 Å². The van der Waals surface area contributed by atoms with E-state index in [0.717, 1.165) is 64.2 Å². The van der Waals surface area contributed by atoms with Crippen molar-refractivity contribution in [3.05, 3.63) is 48.6 Å². The molecule has 0 aromatic heterocycles. The Morgan fingerprint density at radius 3 is 1.44 bits per heavy atom. The molecule has 0 aliphatic heterocycles. The second-order valence-corrected chi connectivity index (χ2v) is 18.5. The summed E-state index contributed by atoms with van der Waals surface area (Å²) >= 11 is 0. The number of nitrogens with zero attached hydrogens (tertiary/aromatic N) is 1. The fourth-order valence-corrected chi connectivity index (χ4v) is 7.14. The molecule has 0 saturated carbocycles. The Balaban J connectivity index is 4.18. The molecule has 0 amide bonds. The summed E-state index contributed by atoms with van der Waals surface area (Å²) in [5.41, 5.74) is 0. The summed E-state index contributed by atoms with van der Waals surface area (Å²) in [6, 6.07) is 0. The highest BCUT2D eigenvalue weighted by Crippen LogP contribution is 2.38. The number of phosphoric acid groups is 1. The summed E-state index contributed by atoms with van der Waals surface area (Å²) in [7, 11) is 1.16. The highest BCUT2D eigenvalue weighted by atomic mass is 31.2. The molecule has 0 fully saturated rings. The van der Waals surface area contributed by atoms with Crippen LogP contribution in [0.15, 0.2) is 48.6 Å². The molecule has 0 aromatic carbocycles. The molecular weight excluding hydrogens is 762 g/mol. The normalized spacial score (nSPS) is 13.9. The lowest BCUT2D eigenvalue weighted by Gasteiger charge is -2.28. The molecule has 0 rings (SSSR count). The Morgan fingerprint density at radius 1 is 0.542 bits per heavy atom. The van der Waals surface area contributed by atoms with Gasteiger partial charge in [-0.2, -0.15) is 0 Å². The number of carbonyl (C=O) groups excluding carboxylic acids is 2. The predicted octanol–water partition coefficient (Wildman–Crippen LogP) is 13.2. The van der Waals surface area contributed by atoms with Crippen LogP contribution in [0.5, 0.6) is 0 Å². The van der Waals surface area contributed by atoms with E-state index in [0.29, 0.717) is 17.4 Å². The highest BCUT2D eigenvalue weighted by molar-refractivity contribution is 7.45. The van der Waals surface area contributed by atoms with Crippen LogP contribution in [0, 0.1) is 0 Å². The molecule has 0 aliphatic rings. The largest absolute Gasteiger partial charge is 0.756 e. The van der Waals surface area contributed by atoms with Crippen LogP contribution in [0.25, 0.3) is 0 Å². The number of hydrogen-bond donors (Lipinski definition) is 0. The van der Waals surface area contributed by atoms with Gasteiger partial charge in [-0.1, -0.05) is 184 Å². The first-order valence-corrected chi connectivity index (χ1v) is 25.3. The molecule has 0 saturated heterocycles. The molecule has 0 bridgehead atoms. The SMILES string of the molecule is CC/C=C\C/C=C\C/C=C\C/C=C\CCCCCCCCCCCCCCC(=O)OC(COC(=O)CCCCCCCCCCCC)COP(=O)([O-])OCC[N+](C)(C)C. The van der Waals surface area contributed by atoms with Crippen LogP contribution in [-0.4, -0.2) is 70.0 Å². The molecule has 0 spiro atoms. The lowest BCUT2D eigenvalue weighted by Crippen LogP contribution is -2.37. The van der Waals surface area contributed by atoms with Gasteiger partial charge >= 0.3 is 11.9 Å². The Bertz CT molecular complexity index is 1150. The third kappa shape index (κ3) is 45.3. The second-order valence-electron chi connectivity index (χ2n) is 17.1. The number of esters is 2. The lowest BCUT2D eigenvalue weighted by molar-refractivity contribution is -0.870. The number of ether oxygens (including phenoxy) is 2. The van der Waals surface area contributed by atoms with E-state index in [2.05, 4.69) is 62.5 Å². The number of phosphoric ester groups is 1. The van der Waals surface area contributed by atoms with E-state index < -0.39 is 26.5 Å². The molecule has 0 aromatic rings. The summed E-state index contributed by atoms with van der Waals surface area (Å²) in [5.74, 6) is -0.835. The number of allylic oxidation sites excluding steroid dienone is 8. The molecule has 0 heterocycles. The van der Waals surface area contributed by atoms with E-state index in [4.69, 9.17) is 18.5 Å². The maximum Gasteiger partial charge on any atom is 0.306 e. The van der Waals surface area contributed by atoms with Crippen molar-refractivity contribution >= 4 is 19.8 Å². The van der Waals surface area contributed by atoms with Crippen LogP contribution in [0.1, 0.15) is 200 Å². The third-order valence-corrected chi connectivity index (χ3v) is 11.1. The fraction of sp³-hybridized carbons (Fsp3) is 0.796. The number of hydrogen-bond acceptors (Lipinski definition) is 8. The topological polar surface area (TPSA) is 111 Å². The van der Waals surface area contributed by atoms with E-state index in [1.165, 1.54) is 103 Å². The predicted molar refractivity (Wildman–Crippen MR) is 245 cm³/mol. The first kappa shape index (κ1) is 57.0. The molecule has 59 heavy (non-hydrogen) atoms. The molecule has 344 valence electrons. The van der Waals surface area contributed by atoms with Gasteiger partial charge in [0.1, 0.15) is 19.8 Å². The van der Waals surface area contributed by atoms with E-state index in [9.17, 15) is 19.0 Å². The standard InChI is InChI=1S/C49H90NO8P/c1-6-8-10-12-14-16-18-19-20-21-22-23-24-25-26-27-28-29-30-31-32-34-36-38-40-42-49(52)58-47(46-57-59(53,54)56-44-43-50(3,4)5)45-55-48(51)41-39-37-35-33-17-15-13-11-9-7-2/h8,10,14,16,19-20,22-23,47H,6-7,9,11-13,15,17-18,21,24-46H2,1-5H3/b10-8-,16-14-,20-19-,23-22-. The maximum absolute atomic E-state index is 12.7. The van der Waals surface area contributed by atoms with Crippen molar-refractivity contribution in [3.8, 4) is 0 Å². The van der Waals surface area contributed by atoms with Crippen molar-refractivity contribution in [1.82, 2.24) is 0 Å². The van der Waals surface area contributed by atoms with Crippen molar-refractivity contribution < 1.29 is 42.1 Å². The second kappa shape index (κ2) is 41.3. The minimum absolute atomic E-state index is 0.0310. The Kier molecular flexibility index (Phi) is 39.9. The van der Waals surface area contributed by atoms with Crippen molar-refractivity contribution in [2.24, 2.45) is 0 Å². The van der Waals surface area contributed by atoms with Crippen molar-refractivity contribution in [1.29, 1.82) is 0 Å². The van der Waals surface area contributed by atoms with Crippen LogP contribution < -0.4 is 4.89 Å². The molecular formula is C49H90NO8P. The van der Waals surface area contributed by atoms with Gasteiger partial charge in [-0.05, 0) is 51.4 Å². The smallest absolute Gasteiger partial charge is 0.306 e. The van der Waals surface area contributed by atoms with Crippen molar-refractivity contribution in [2.75, 3.05) is 47.5 Å².